The summed E-state index contributed by atoms with van der Waals surface area (Å²) in [5, 5.41) is 5.55. The van der Waals surface area contributed by atoms with Gasteiger partial charge in [0.1, 0.15) is 24.0 Å². The number of hydrazone groups is 1. The van der Waals surface area contributed by atoms with Gasteiger partial charge in [0, 0.05) is 43.7 Å². The molecule has 2 aliphatic heterocycles. The number of halogens is 3. The van der Waals surface area contributed by atoms with Crippen LogP contribution in [0, 0.1) is 17.5 Å². The van der Waals surface area contributed by atoms with Crippen LogP contribution in [0.1, 0.15) is 33.9 Å². The number of rotatable bonds is 8. The number of nitrogens with zero attached hydrogens (tertiary/aromatic N) is 4. The molecule has 3 aromatic rings. The molecule has 0 saturated carbocycles. The first-order valence-electron chi connectivity index (χ1n) is 13.1. The van der Waals surface area contributed by atoms with Crippen molar-refractivity contribution in [2.45, 2.75) is 12.5 Å². The van der Waals surface area contributed by atoms with Crippen LogP contribution in [0.15, 0.2) is 77.9 Å². The van der Waals surface area contributed by atoms with Gasteiger partial charge < -0.3 is 9.64 Å². The predicted octanol–water partition coefficient (Wildman–Crippen LogP) is 4.26. The average Bonchev–Trinajstić information content (AvgIpc) is 3.41. The third-order valence-corrected chi connectivity index (χ3v) is 7.12. The fourth-order valence-electron chi connectivity index (χ4n) is 4.97. The Morgan fingerprint density at radius 3 is 2.23 bits per heavy atom. The first-order chi connectivity index (χ1) is 19.4. The number of morpholine rings is 1. The summed E-state index contributed by atoms with van der Waals surface area (Å²) in [4.78, 5) is 30.6. The topological polar surface area (TPSA) is 65.5 Å². The summed E-state index contributed by atoms with van der Waals surface area (Å²) in [5.74, 6) is -2.96. The summed E-state index contributed by atoms with van der Waals surface area (Å²) in [7, 11) is 0. The SMILES string of the molecule is O=C(c1ccccc1F)N(CCN1CCOCC1)CC(=O)N1N=C(c2ccccc2F)C[C@H]1c1ccccc1F. The molecule has 3 aromatic carbocycles. The second-order valence-electron chi connectivity index (χ2n) is 9.67. The van der Waals surface area contributed by atoms with Gasteiger partial charge in [0.25, 0.3) is 11.8 Å². The van der Waals surface area contributed by atoms with Gasteiger partial charge in [-0.2, -0.15) is 5.10 Å². The van der Waals surface area contributed by atoms with E-state index < -0.39 is 41.9 Å². The summed E-state index contributed by atoms with van der Waals surface area (Å²) in [6.45, 7) is 2.66. The molecule has 1 saturated heterocycles. The molecule has 0 spiro atoms. The highest BCUT2D eigenvalue weighted by Crippen LogP contribution is 2.34. The maximum atomic E-state index is 14.9. The molecule has 2 aliphatic rings. The van der Waals surface area contributed by atoms with Gasteiger partial charge in [-0.15, -0.1) is 0 Å². The van der Waals surface area contributed by atoms with Gasteiger partial charge in [0.05, 0.1) is 30.5 Å². The van der Waals surface area contributed by atoms with Crippen molar-refractivity contribution in [3.63, 3.8) is 0 Å². The Morgan fingerprint density at radius 1 is 0.875 bits per heavy atom. The fraction of sp³-hybridized carbons (Fsp3) is 0.300. The van der Waals surface area contributed by atoms with Crippen molar-refractivity contribution in [2.75, 3.05) is 45.9 Å². The number of benzene rings is 3. The first-order valence-corrected chi connectivity index (χ1v) is 13.1. The van der Waals surface area contributed by atoms with Gasteiger partial charge in [0.2, 0.25) is 0 Å². The van der Waals surface area contributed by atoms with Crippen molar-refractivity contribution >= 4 is 17.5 Å². The van der Waals surface area contributed by atoms with Crippen molar-refractivity contribution in [1.29, 1.82) is 0 Å². The molecule has 0 N–H and O–H groups in total. The van der Waals surface area contributed by atoms with E-state index in [1.165, 1.54) is 35.2 Å². The molecule has 0 aliphatic carbocycles. The quantitative estimate of drug-likeness (QED) is 0.421. The minimum Gasteiger partial charge on any atom is -0.379 e. The van der Waals surface area contributed by atoms with E-state index in [1.807, 2.05) is 0 Å². The molecule has 1 atom stereocenters. The Morgan fingerprint density at radius 2 is 1.52 bits per heavy atom. The summed E-state index contributed by atoms with van der Waals surface area (Å²) < 4.78 is 49.5. The maximum absolute atomic E-state index is 14.9. The molecule has 0 radical (unpaired) electrons. The van der Waals surface area contributed by atoms with Gasteiger partial charge in [-0.1, -0.05) is 48.5 Å². The van der Waals surface area contributed by atoms with Crippen molar-refractivity contribution in [3.05, 3.63) is 107 Å². The molecule has 0 bridgehead atoms. The van der Waals surface area contributed by atoms with Gasteiger partial charge in [-0.05, 0) is 24.3 Å². The van der Waals surface area contributed by atoms with Crippen molar-refractivity contribution < 1.29 is 27.5 Å². The lowest BCUT2D eigenvalue weighted by molar-refractivity contribution is -0.133. The van der Waals surface area contributed by atoms with Crippen LogP contribution < -0.4 is 0 Å². The van der Waals surface area contributed by atoms with Crippen molar-refractivity contribution in [2.24, 2.45) is 5.10 Å². The summed E-state index contributed by atoms with van der Waals surface area (Å²) in [6.07, 6.45) is 0.0860. The normalized spacial score (nSPS) is 17.5. The van der Waals surface area contributed by atoms with Crippen LogP contribution in [-0.4, -0.2) is 78.3 Å². The average molecular weight is 551 g/mol. The van der Waals surface area contributed by atoms with Crippen LogP contribution in [0.2, 0.25) is 0 Å². The molecule has 5 rings (SSSR count). The fourth-order valence-corrected chi connectivity index (χ4v) is 4.97. The van der Waals surface area contributed by atoms with Crippen LogP contribution in [-0.2, 0) is 9.53 Å². The second-order valence-corrected chi connectivity index (χ2v) is 9.67. The van der Waals surface area contributed by atoms with Gasteiger partial charge in [0.15, 0.2) is 0 Å². The largest absolute Gasteiger partial charge is 0.379 e. The number of amides is 2. The van der Waals surface area contributed by atoms with E-state index in [4.69, 9.17) is 4.74 Å². The van der Waals surface area contributed by atoms with E-state index in [-0.39, 0.29) is 29.7 Å². The summed E-state index contributed by atoms with van der Waals surface area (Å²) in [6, 6.07) is 16.8. The van der Waals surface area contributed by atoms with Crippen LogP contribution in [0.4, 0.5) is 13.2 Å². The minimum atomic E-state index is -0.840. The molecule has 2 heterocycles. The summed E-state index contributed by atoms with van der Waals surface area (Å²) >= 11 is 0. The lowest BCUT2D eigenvalue weighted by Gasteiger charge is -2.31. The standard InChI is InChI=1S/C30H29F3N4O3/c31-24-10-4-1-7-21(24)27-19-28(22-8-2-5-11-25(22)32)37(34-27)29(38)20-36(14-13-35-15-17-40-18-16-35)30(39)23-9-3-6-12-26(23)33/h1-12,28H,13-20H2/t28-/m0/s1. The van der Waals surface area contributed by atoms with Crippen LogP contribution in [0.25, 0.3) is 0 Å². The Labute approximate surface area is 230 Å². The zero-order valence-electron chi connectivity index (χ0n) is 21.8. The molecule has 208 valence electrons. The number of carbonyl (C=O) groups excluding carboxylic acids is 2. The zero-order valence-corrected chi connectivity index (χ0v) is 21.8. The van der Waals surface area contributed by atoms with E-state index in [2.05, 4.69) is 10.0 Å². The highest BCUT2D eigenvalue weighted by atomic mass is 19.1. The van der Waals surface area contributed by atoms with E-state index in [9.17, 15) is 22.8 Å². The third-order valence-electron chi connectivity index (χ3n) is 7.12. The molecule has 2 amide bonds. The van der Waals surface area contributed by atoms with Gasteiger partial charge in [-0.25, -0.2) is 18.2 Å². The molecule has 0 aromatic heterocycles. The second kappa shape index (κ2) is 12.4. The number of hydrogen-bond acceptors (Lipinski definition) is 5. The zero-order chi connectivity index (χ0) is 28.1. The summed E-state index contributed by atoms with van der Waals surface area (Å²) in [5.41, 5.74) is 0.580. The third kappa shape index (κ3) is 6.08. The van der Waals surface area contributed by atoms with Crippen molar-refractivity contribution in [3.8, 4) is 0 Å². The van der Waals surface area contributed by atoms with E-state index >= 15 is 0 Å². The smallest absolute Gasteiger partial charge is 0.262 e. The number of ether oxygens (including phenoxy) is 1. The lowest BCUT2D eigenvalue weighted by atomic mass is 9.97. The minimum absolute atomic E-state index is 0.0860. The molecular weight excluding hydrogens is 521 g/mol. The molecule has 7 nitrogen and oxygen atoms in total. The molecule has 40 heavy (non-hydrogen) atoms. The van der Waals surface area contributed by atoms with Crippen molar-refractivity contribution in [1.82, 2.24) is 14.8 Å². The maximum Gasteiger partial charge on any atom is 0.262 e. The monoisotopic (exact) mass is 550 g/mol. The molecular formula is C30H29F3N4O3. The van der Waals surface area contributed by atoms with Crippen LogP contribution in [0.3, 0.4) is 0 Å². The number of hydrogen-bond donors (Lipinski definition) is 0. The first kappa shape index (κ1) is 27.5. The highest BCUT2D eigenvalue weighted by Gasteiger charge is 2.36. The van der Waals surface area contributed by atoms with Crippen LogP contribution >= 0.6 is 0 Å². The Kier molecular flexibility index (Phi) is 8.57. The van der Waals surface area contributed by atoms with Gasteiger partial charge >= 0.3 is 0 Å². The van der Waals surface area contributed by atoms with E-state index in [1.54, 1.807) is 42.5 Å². The Bertz CT molecular complexity index is 1410. The molecule has 1 fully saturated rings. The van der Waals surface area contributed by atoms with E-state index in [0.717, 1.165) is 5.01 Å². The molecule has 10 heteroatoms. The predicted molar refractivity (Wildman–Crippen MR) is 143 cm³/mol. The molecule has 0 unspecified atom stereocenters. The van der Waals surface area contributed by atoms with Crippen LogP contribution in [0.5, 0.6) is 0 Å². The van der Waals surface area contributed by atoms with Gasteiger partial charge in [-0.3, -0.25) is 14.5 Å². The van der Waals surface area contributed by atoms with E-state index in [0.29, 0.717) is 38.6 Å². The Hall–Kier alpha value is -4.02. The highest BCUT2D eigenvalue weighted by molar-refractivity contribution is 6.04. The Balaban J connectivity index is 1.44. The number of carbonyl (C=O) groups is 2. The lowest BCUT2D eigenvalue weighted by Crippen LogP contribution is -2.46.